The summed E-state index contributed by atoms with van der Waals surface area (Å²) >= 11 is 0. The van der Waals surface area contributed by atoms with E-state index in [-0.39, 0.29) is 0 Å². The number of nitrogens with two attached hydrogens (primary N) is 1. The Morgan fingerprint density at radius 2 is 2.12 bits per heavy atom. The van der Waals surface area contributed by atoms with Gasteiger partial charge in [-0.2, -0.15) is 0 Å². The summed E-state index contributed by atoms with van der Waals surface area (Å²) in [7, 11) is 0. The van der Waals surface area contributed by atoms with E-state index in [1.165, 1.54) is 19.3 Å². The van der Waals surface area contributed by atoms with Gasteiger partial charge in [0.2, 0.25) is 0 Å². The van der Waals surface area contributed by atoms with Gasteiger partial charge in [-0.25, -0.2) is 15.8 Å². The molecule has 94 valence electrons. The van der Waals surface area contributed by atoms with Crippen LogP contribution in [0.3, 0.4) is 0 Å². The zero-order chi connectivity index (χ0) is 12.3. The van der Waals surface area contributed by atoms with Crippen molar-refractivity contribution in [2.75, 3.05) is 10.7 Å². The molecule has 0 bridgehead atoms. The third kappa shape index (κ3) is 3.06. The van der Waals surface area contributed by atoms with Gasteiger partial charge in [0.1, 0.15) is 17.5 Å². The van der Waals surface area contributed by atoms with Crippen LogP contribution in [0.2, 0.25) is 0 Å². The van der Waals surface area contributed by atoms with Gasteiger partial charge in [0.15, 0.2) is 0 Å². The summed E-state index contributed by atoms with van der Waals surface area (Å²) in [5, 5.41) is 3.45. The van der Waals surface area contributed by atoms with Crippen LogP contribution < -0.4 is 16.6 Å². The van der Waals surface area contributed by atoms with Gasteiger partial charge in [0, 0.05) is 18.5 Å². The fraction of sp³-hybridized carbons (Fsp3) is 0.667. The quantitative estimate of drug-likeness (QED) is 0.519. The highest BCUT2D eigenvalue weighted by Crippen LogP contribution is 2.37. The van der Waals surface area contributed by atoms with Crippen LogP contribution in [0, 0.1) is 5.92 Å². The van der Waals surface area contributed by atoms with Crippen molar-refractivity contribution in [2.24, 2.45) is 11.8 Å². The Labute approximate surface area is 102 Å². The number of aryl methyl sites for hydroxylation is 1. The van der Waals surface area contributed by atoms with Crippen molar-refractivity contribution < 1.29 is 0 Å². The molecule has 0 aliphatic heterocycles. The van der Waals surface area contributed by atoms with Crippen LogP contribution in [0.4, 0.5) is 11.6 Å². The number of anilines is 2. The normalized spacial score (nSPS) is 22.3. The Morgan fingerprint density at radius 3 is 2.76 bits per heavy atom. The van der Waals surface area contributed by atoms with Gasteiger partial charge in [-0.05, 0) is 18.8 Å². The minimum absolute atomic E-state index is 0.584. The van der Waals surface area contributed by atoms with Gasteiger partial charge >= 0.3 is 0 Å². The van der Waals surface area contributed by atoms with Gasteiger partial charge < -0.3 is 10.7 Å². The topological polar surface area (TPSA) is 75.9 Å². The number of hydrazine groups is 1. The second-order valence-electron chi connectivity index (χ2n) is 4.59. The van der Waals surface area contributed by atoms with Crippen LogP contribution in [0.15, 0.2) is 6.07 Å². The highest BCUT2D eigenvalue weighted by molar-refractivity contribution is 5.48. The fourth-order valence-corrected chi connectivity index (χ4v) is 2.11. The van der Waals surface area contributed by atoms with E-state index in [0.717, 1.165) is 24.0 Å². The van der Waals surface area contributed by atoms with E-state index in [9.17, 15) is 0 Å². The van der Waals surface area contributed by atoms with E-state index in [2.05, 4.69) is 27.6 Å². The summed E-state index contributed by atoms with van der Waals surface area (Å²) in [6.45, 7) is 4.27. The molecule has 0 amide bonds. The molecule has 2 atom stereocenters. The SMILES string of the molecule is CCCC1CC1Nc1cc(NN)nc(CC)n1. The average Bonchev–Trinajstić information content (AvgIpc) is 3.07. The molecule has 2 rings (SSSR count). The third-order valence-corrected chi connectivity index (χ3v) is 3.15. The molecule has 0 radical (unpaired) electrons. The van der Waals surface area contributed by atoms with E-state index >= 15 is 0 Å². The highest BCUT2D eigenvalue weighted by Gasteiger charge is 2.36. The molecule has 1 aromatic rings. The van der Waals surface area contributed by atoms with Crippen molar-refractivity contribution in [3.8, 4) is 0 Å². The zero-order valence-corrected chi connectivity index (χ0v) is 10.5. The first kappa shape index (κ1) is 12.1. The molecule has 0 spiro atoms. The van der Waals surface area contributed by atoms with Crippen LogP contribution in [0.25, 0.3) is 0 Å². The Bertz CT molecular complexity index is 357. The van der Waals surface area contributed by atoms with E-state index in [4.69, 9.17) is 5.84 Å². The summed E-state index contributed by atoms with van der Waals surface area (Å²) in [6, 6.07) is 2.45. The predicted molar refractivity (Wildman–Crippen MR) is 69.6 cm³/mol. The van der Waals surface area contributed by atoms with E-state index in [1.807, 2.05) is 13.0 Å². The molecular weight excluding hydrogens is 214 g/mol. The maximum atomic E-state index is 5.40. The monoisotopic (exact) mass is 235 g/mol. The first-order valence-corrected chi connectivity index (χ1v) is 6.37. The first-order chi connectivity index (χ1) is 8.26. The summed E-state index contributed by atoms with van der Waals surface area (Å²) in [5.41, 5.74) is 2.58. The standard InChI is InChI=1S/C12H21N5/c1-3-5-8-6-9(8)14-11-7-12(17-13)16-10(4-2)15-11/h7-9H,3-6,13H2,1-2H3,(H2,14,15,16,17). The zero-order valence-electron chi connectivity index (χ0n) is 10.5. The smallest absolute Gasteiger partial charge is 0.145 e. The summed E-state index contributed by atoms with van der Waals surface area (Å²) in [6.07, 6.45) is 4.62. The van der Waals surface area contributed by atoms with E-state index < -0.39 is 0 Å². The number of nitrogens with one attached hydrogen (secondary N) is 2. The molecule has 1 aliphatic carbocycles. The number of nitrogens with zero attached hydrogens (tertiary/aromatic N) is 2. The minimum atomic E-state index is 0.584. The molecule has 1 fully saturated rings. The Kier molecular flexibility index (Phi) is 3.78. The number of hydrogen-bond donors (Lipinski definition) is 3. The molecule has 5 heteroatoms. The molecule has 1 heterocycles. The summed E-state index contributed by atoms with van der Waals surface area (Å²) in [5.74, 6) is 8.58. The van der Waals surface area contributed by atoms with Gasteiger partial charge in [-0.15, -0.1) is 0 Å². The molecule has 0 aromatic carbocycles. The van der Waals surface area contributed by atoms with Crippen molar-refractivity contribution in [1.29, 1.82) is 0 Å². The van der Waals surface area contributed by atoms with Crippen molar-refractivity contribution in [3.63, 3.8) is 0 Å². The van der Waals surface area contributed by atoms with Crippen molar-refractivity contribution in [3.05, 3.63) is 11.9 Å². The molecule has 1 aliphatic rings. The average molecular weight is 235 g/mol. The lowest BCUT2D eigenvalue weighted by molar-refractivity contribution is 0.692. The largest absolute Gasteiger partial charge is 0.367 e. The molecule has 5 nitrogen and oxygen atoms in total. The lowest BCUT2D eigenvalue weighted by Crippen LogP contribution is -2.13. The minimum Gasteiger partial charge on any atom is -0.367 e. The van der Waals surface area contributed by atoms with Crippen LogP contribution in [0.1, 0.15) is 38.9 Å². The van der Waals surface area contributed by atoms with Crippen LogP contribution >= 0.6 is 0 Å². The second-order valence-corrected chi connectivity index (χ2v) is 4.59. The molecule has 1 saturated carbocycles. The molecule has 4 N–H and O–H groups in total. The lowest BCUT2D eigenvalue weighted by Gasteiger charge is -2.08. The first-order valence-electron chi connectivity index (χ1n) is 6.37. The number of aromatic nitrogens is 2. The van der Waals surface area contributed by atoms with Crippen LogP contribution in [-0.4, -0.2) is 16.0 Å². The fourth-order valence-electron chi connectivity index (χ4n) is 2.11. The maximum absolute atomic E-state index is 5.40. The van der Waals surface area contributed by atoms with Gasteiger partial charge in [-0.1, -0.05) is 20.3 Å². The Balaban J connectivity index is 2.00. The van der Waals surface area contributed by atoms with Crippen molar-refractivity contribution >= 4 is 11.6 Å². The lowest BCUT2D eigenvalue weighted by atomic mass is 10.2. The molecule has 1 aromatic heterocycles. The predicted octanol–water partition coefficient (Wildman–Crippen LogP) is 1.93. The maximum Gasteiger partial charge on any atom is 0.145 e. The summed E-state index contributed by atoms with van der Waals surface area (Å²) < 4.78 is 0. The second kappa shape index (κ2) is 5.31. The number of nitrogen functional groups attached to an aromatic ring is 1. The van der Waals surface area contributed by atoms with Crippen LogP contribution in [0.5, 0.6) is 0 Å². The highest BCUT2D eigenvalue weighted by atomic mass is 15.3. The van der Waals surface area contributed by atoms with Gasteiger partial charge in [-0.3, -0.25) is 0 Å². The number of hydrogen-bond acceptors (Lipinski definition) is 5. The molecule has 0 saturated heterocycles. The molecule has 17 heavy (non-hydrogen) atoms. The van der Waals surface area contributed by atoms with Gasteiger partial charge in [0.05, 0.1) is 0 Å². The molecule has 2 unspecified atom stereocenters. The van der Waals surface area contributed by atoms with Crippen LogP contribution in [-0.2, 0) is 6.42 Å². The van der Waals surface area contributed by atoms with E-state index in [1.54, 1.807) is 0 Å². The Hall–Kier alpha value is -1.36. The molecular formula is C12H21N5. The van der Waals surface area contributed by atoms with Crippen molar-refractivity contribution in [2.45, 2.75) is 45.6 Å². The van der Waals surface area contributed by atoms with E-state index in [0.29, 0.717) is 11.9 Å². The number of rotatable bonds is 6. The Morgan fingerprint density at radius 1 is 1.35 bits per heavy atom. The third-order valence-electron chi connectivity index (χ3n) is 3.15. The van der Waals surface area contributed by atoms with Gasteiger partial charge in [0.25, 0.3) is 0 Å². The summed E-state index contributed by atoms with van der Waals surface area (Å²) in [4.78, 5) is 8.72. The van der Waals surface area contributed by atoms with Crippen molar-refractivity contribution in [1.82, 2.24) is 9.97 Å².